The molecule has 0 aromatic heterocycles. The van der Waals surface area contributed by atoms with Crippen molar-refractivity contribution in [2.45, 2.75) is 0 Å². The van der Waals surface area contributed by atoms with E-state index in [2.05, 4.69) is 290 Å². The molecule has 0 fully saturated rings. The number of benzene rings is 13. The zero-order chi connectivity index (χ0) is 47.1. The fourth-order valence-corrected chi connectivity index (χ4v) is 10.7. The molecule has 0 saturated carbocycles. The molecule has 1 heteroatoms. The van der Waals surface area contributed by atoms with Gasteiger partial charge >= 0.3 is 0 Å². The van der Waals surface area contributed by atoms with Crippen LogP contribution in [-0.4, -0.2) is 0 Å². The summed E-state index contributed by atoms with van der Waals surface area (Å²) in [5, 5.41) is 9.93. The van der Waals surface area contributed by atoms with Crippen molar-refractivity contribution in [3.8, 4) is 66.8 Å². The normalized spacial score (nSPS) is 11.4. The van der Waals surface area contributed by atoms with Crippen LogP contribution in [0.3, 0.4) is 0 Å². The van der Waals surface area contributed by atoms with Crippen molar-refractivity contribution in [2.24, 2.45) is 0 Å². The van der Waals surface area contributed by atoms with E-state index in [1.807, 2.05) is 0 Å². The predicted molar refractivity (Wildman–Crippen MR) is 304 cm³/mol. The SMILES string of the molecule is c1ccc(-c2c(-c3ccccc3)c3cc(-c4ccccc4N(c4ccc(-c5ccc(-c6ccc7ccccc7c6)cc5)cc4)c4cccc(-c5ccc6ccccc6c5)c4)ccc3c3ccccc23)cc1. The number of nitrogens with zero attached hydrogens (tertiary/aromatic N) is 1. The molecule has 0 aliphatic rings. The number of rotatable bonds is 9. The summed E-state index contributed by atoms with van der Waals surface area (Å²) >= 11 is 0. The van der Waals surface area contributed by atoms with Crippen LogP contribution in [0.1, 0.15) is 0 Å². The Morgan fingerprint density at radius 1 is 0.197 bits per heavy atom. The Kier molecular flexibility index (Phi) is 10.6. The molecule has 0 N–H and O–H groups in total. The van der Waals surface area contributed by atoms with Gasteiger partial charge in [-0.2, -0.15) is 0 Å². The molecule has 0 spiro atoms. The van der Waals surface area contributed by atoms with Gasteiger partial charge in [-0.1, -0.05) is 237 Å². The first-order chi connectivity index (χ1) is 35.2. The summed E-state index contributed by atoms with van der Waals surface area (Å²) < 4.78 is 0. The Morgan fingerprint density at radius 3 is 1.28 bits per heavy atom. The molecule has 0 amide bonds. The predicted octanol–water partition coefficient (Wildman–Crippen LogP) is 19.8. The van der Waals surface area contributed by atoms with Gasteiger partial charge in [0.1, 0.15) is 0 Å². The van der Waals surface area contributed by atoms with Crippen molar-refractivity contribution in [2.75, 3.05) is 4.90 Å². The van der Waals surface area contributed by atoms with Crippen molar-refractivity contribution in [3.05, 3.63) is 285 Å². The Labute approximate surface area is 414 Å². The van der Waals surface area contributed by atoms with Crippen molar-refractivity contribution < 1.29 is 0 Å². The largest absolute Gasteiger partial charge is 0.310 e. The van der Waals surface area contributed by atoms with Crippen molar-refractivity contribution in [3.63, 3.8) is 0 Å². The third kappa shape index (κ3) is 7.80. The average Bonchev–Trinajstić information content (AvgIpc) is 3.45. The van der Waals surface area contributed by atoms with Gasteiger partial charge in [0.25, 0.3) is 0 Å². The molecule has 0 heterocycles. The maximum absolute atomic E-state index is 2.44. The third-order valence-corrected chi connectivity index (χ3v) is 14.2. The van der Waals surface area contributed by atoms with Gasteiger partial charge in [-0.15, -0.1) is 0 Å². The Bertz CT molecular complexity index is 4080. The van der Waals surface area contributed by atoms with Gasteiger partial charge in [0, 0.05) is 16.9 Å². The minimum atomic E-state index is 1.08. The second-order valence-electron chi connectivity index (χ2n) is 18.4. The monoisotopic (exact) mass is 901 g/mol. The van der Waals surface area contributed by atoms with E-state index in [-0.39, 0.29) is 0 Å². The first-order valence-electron chi connectivity index (χ1n) is 24.5. The van der Waals surface area contributed by atoms with Crippen molar-refractivity contribution >= 4 is 60.2 Å². The molecule has 0 aliphatic heterocycles. The lowest BCUT2D eigenvalue weighted by Gasteiger charge is -2.29. The molecular weight excluding hydrogens is 855 g/mol. The molecule has 13 aromatic rings. The molecular formula is C70H47N. The smallest absolute Gasteiger partial charge is 0.0540 e. The molecule has 13 rings (SSSR count). The highest BCUT2D eigenvalue weighted by Gasteiger charge is 2.22. The van der Waals surface area contributed by atoms with Crippen LogP contribution in [0, 0.1) is 0 Å². The number of fused-ring (bicyclic) bond motifs is 5. The highest BCUT2D eigenvalue weighted by molar-refractivity contribution is 6.22. The van der Waals surface area contributed by atoms with Gasteiger partial charge < -0.3 is 4.90 Å². The lowest BCUT2D eigenvalue weighted by molar-refractivity contribution is 1.28. The molecule has 332 valence electrons. The lowest BCUT2D eigenvalue weighted by atomic mass is 9.84. The maximum Gasteiger partial charge on any atom is 0.0540 e. The van der Waals surface area contributed by atoms with Crippen LogP contribution in [-0.2, 0) is 0 Å². The summed E-state index contributed by atoms with van der Waals surface area (Å²) in [7, 11) is 0. The Morgan fingerprint density at radius 2 is 0.634 bits per heavy atom. The van der Waals surface area contributed by atoms with Crippen molar-refractivity contribution in [1.29, 1.82) is 0 Å². The highest BCUT2D eigenvalue weighted by Crippen LogP contribution is 2.48. The minimum absolute atomic E-state index is 1.08. The van der Waals surface area contributed by atoms with Gasteiger partial charge in [-0.05, 0) is 153 Å². The second-order valence-corrected chi connectivity index (χ2v) is 18.4. The van der Waals surface area contributed by atoms with Crippen LogP contribution in [0.15, 0.2) is 285 Å². The van der Waals surface area contributed by atoms with Crippen LogP contribution in [0.5, 0.6) is 0 Å². The van der Waals surface area contributed by atoms with Crippen LogP contribution in [0.4, 0.5) is 17.1 Å². The van der Waals surface area contributed by atoms with Gasteiger partial charge in [0.15, 0.2) is 0 Å². The van der Waals surface area contributed by atoms with Gasteiger partial charge in [-0.25, -0.2) is 0 Å². The molecule has 0 saturated heterocycles. The highest BCUT2D eigenvalue weighted by atomic mass is 15.1. The van der Waals surface area contributed by atoms with Crippen LogP contribution in [0.2, 0.25) is 0 Å². The summed E-state index contributed by atoms with van der Waals surface area (Å²) in [4.78, 5) is 2.44. The molecule has 0 bridgehead atoms. The number of anilines is 3. The van der Waals surface area contributed by atoms with E-state index in [0.717, 1.165) is 33.8 Å². The summed E-state index contributed by atoms with van der Waals surface area (Å²) in [5.41, 5.74) is 17.6. The van der Waals surface area contributed by atoms with E-state index in [9.17, 15) is 0 Å². The second kappa shape index (κ2) is 18.0. The van der Waals surface area contributed by atoms with E-state index in [4.69, 9.17) is 0 Å². The number of hydrogen-bond acceptors (Lipinski definition) is 1. The molecule has 0 unspecified atom stereocenters. The fraction of sp³-hybridized carbons (Fsp3) is 0. The lowest BCUT2D eigenvalue weighted by Crippen LogP contribution is -2.11. The van der Waals surface area contributed by atoms with Gasteiger partial charge in [0.2, 0.25) is 0 Å². The first kappa shape index (κ1) is 41.9. The van der Waals surface area contributed by atoms with Crippen LogP contribution in [0.25, 0.3) is 110 Å². The average molecular weight is 902 g/mol. The van der Waals surface area contributed by atoms with E-state index in [1.165, 1.54) is 93.2 Å². The van der Waals surface area contributed by atoms with Gasteiger partial charge in [0.05, 0.1) is 5.69 Å². The molecule has 0 atom stereocenters. The summed E-state index contributed by atoms with van der Waals surface area (Å²) in [6, 6.07) is 104. The topological polar surface area (TPSA) is 3.24 Å². The Hall–Kier alpha value is -9.30. The molecule has 13 aromatic carbocycles. The molecule has 71 heavy (non-hydrogen) atoms. The van der Waals surface area contributed by atoms with Crippen molar-refractivity contribution in [1.82, 2.24) is 0 Å². The molecule has 1 nitrogen and oxygen atoms in total. The third-order valence-electron chi connectivity index (χ3n) is 14.2. The zero-order valence-electron chi connectivity index (χ0n) is 39.1. The fourth-order valence-electron chi connectivity index (χ4n) is 10.7. The molecule has 0 aliphatic carbocycles. The zero-order valence-corrected chi connectivity index (χ0v) is 39.1. The maximum atomic E-state index is 2.44. The van der Waals surface area contributed by atoms with E-state index >= 15 is 0 Å². The summed E-state index contributed by atoms with van der Waals surface area (Å²) in [6.45, 7) is 0. The van der Waals surface area contributed by atoms with E-state index in [1.54, 1.807) is 0 Å². The Balaban J connectivity index is 0.962. The van der Waals surface area contributed by atoms with Gasteiger partial charge in [-0.3, -0.25) is 0 Å². The summed E-state index contributed by atoms with van der Waals surface area (Å²) in [5.74, 6) is 0. The van der Waals surface area contributed by atoms with Crippen LogP contribution < -0.4 is 4.90 Å². The number of hydrogen-bond donors (Lipinski definition) is 0. The quantitative estimate of drug-likeness (QED) is 0.131. The number of para-hydroxylation sites is 1. The molecule has 0 radical (unpaired) electrons. The first-order valence-corrected chi connectivity index (χ1v) is 24.5. The minimum Gasteiger partial charge on any atom is -0.310 e. The van der Waals surface area contributed by atoms with E-state index < -0.39 is 0 Å². The van der Waals surface area contributed by atoms with E-state index in [0.29, 0.717) is 0 Å². The van der Waals surface area contributed by atoms with Crippen LogP contribution >= 0.6 is 0 Å². The standard InChI is InChI=1S/C70H47N/c1-3-18-53(19-4-1)69-66-28-12-11-27-64(66)65-43-40-60(47-67(65)70(69)54-20-5-2-6-21-54)63-26-13-14-29-68(63)71(62-25-15-24-57(46-62)59-37-35-49-17-8-10-23-56(49)45-59)61-41-38-51(39-42-61)50-30-32-52(33-31-50)58-36-34-48-16-7-9-22-55(48)44-58/h1-47H. The summed E-state index contributed by atoms with van der Waals surface area (Å²) in [6.07, 6.45) is 0.